The van der Waals surface area contributed by atoms with Crippen LogP contribution in [0, 0.1) is 23.2 Å². The molecule has 3 aliphatic carbocycles. The van der Waals surface area contributed by atoms with Crippen molar-refractivity contribution in [3.05, 3.63) is 12.2 Å². The van der Waals surface area contributed by atoms with Crippen LogP contribution in [0.5, 0.6) is 0 Å². The number of hydrogen-bond donors (Lipinski definition) is 0. The zero-order valence-corrected chi connectivity index (χ0v) is 11.0. The lowest BCUT2D eigenvalue weighted by Gasteiger charge is -2.44. The molecule has 1 saturated heterocycles. The van der Waals surface area contributed by atoms with Crippen molar-refractivity contribution in [2.45, 2.75) is 37.9 Å². The fourth-order valence-corrected chi connectivity index (χ4v) is 5.41. The van der Waals surface area contributed by atoms with E-state index in [9.17, 15) is 4.79 Å². The Morgan fingerprint density at radius 1 is 1.44 bits per heavy atom. The van der Waals surface area contributed by atoms with Crippen LogP contribution in [0.4, 0.5) is 0 Å². The standard InChI is InChI=1S/C15H20O3/c1-9-3-6-14-7-4-11-15(17-2,13(14)16)10(12(9)14)5-8-18-11/h4,7,9-12H,3,5-6,8H2,1-2H3/t9-,10-,11+,12-,14+,15-/m1/s1. The first-order valence-corrected chi connectivity index (χ1v) is 7.08. The van der Waals surface area contributed by atoms with Crippen molar-refractivity contribution in [3.8, 4) is 0 Å². The second kappa shape index (κ2) is 3.26. The van der Waals surface area contributed by atoms with E-state index in [0.29, 0.717) is 23.5 Å². The Hall–Kier alpha value is -0.670. The van der Waals surface area contributed by atoms with Gasteiger partial charge in [0.1, 0.15) is 6.10 Å². The molecule has 98 valence electrons. The number of carbonyl (C=O) groups is 1. The van der Waals surface area contributed by atoms with Crippen molar-refractivity contribution in [3.63, 3.8) is 0 Å². The maximum atomic E-state index is 13.0. The molecule has 4 aliphatic rings. The Bertz CT molecular complexity index is 443. The number of fused-ring (bicyclic) bond motifs is 1. The summed E-state index contributed by atoms with van der Waals surface area (Å²) in [6.07, 6.45) is 7.25. The second-order valence-electron chi connectivity index (χ2n) is 6.45. The lowest BCUT2D eigenvalue weighted by Crippen LogP contribution is -2.59. The highest BCUT2D eigenvalue weighted by molar-refractivity contribution is 6.00. The van der Waals surface area contributed by atoms with Crippen LogP contribution in [0.25, 0.3) is 0 Å². The summed E-state index contributed by atoms with van der Waals surface area (Å²) < 4.78 is 11.6. The van der Waals surface area contributed by atoms with Gasteiger partial charge in [0.15, 0.2) is 11.4 Å². The number of methoxy groups -OCH3 is 1. The molecule has 0 unspecified atom stereocenters. The fraction of sp³-hybridized carbons (Fsp3) is 0.800. The molecule has 0 aromatic rings. The highest BCUT2D eigenvalue weighted by Gasteiger charge is 2.74. The first-order chi connectivity index (χ1) is 8.67. The largest absolute Gasteiger partial charge is 0.371 e. The predicted octanol–water partition coefficient (Wildman–Crippen LogP) is 1.96. The third-order valence-electron chi connectivity index (χ3n) is 6.04. The molecule has 18 heavy (non-hydrogen) atoms. The van der Waals surface area contributed by atoms with Crippen LogP contribution < -0.4 is 0 Å². The molecule has 1 spiro atoms. The van der Waals surface area contributed by atoms with Gasteiger partial charge < -0.3 is 9.47 Å². The molecule has 1 aliphatic heterocycles. The van der Waals surface area contributed by atoms with Gasteiger partial charge >= 0.3 is 0 Å². The average molecular weight is 248 g/mol. The summed E-state index contributed by atoms with van der Waals surface area (Å²) >= 11 is 0. The molecule has 4 rings (SSSR count). The van der Waals surface area contributed by atoms with E-state index >= 15 is 0 Å². The Morgan fingerprint density at radius 3 is 3.06 bits per heavy atom. The lowest BCUT2D eigenvalue weighted by atomic mass is 9.73. The van der Waals surface area contributed by atoms with Crippen molar-refractivity contribution in [2.75, 3.05) is 13.7 Å². The predicted molar refractivity (Wildman–Crippen MR) is 66.1 cm³/mol. The van der Waals surface area contributed by atoms with Crippen molar-refractivity contribution in [1.29, 1.82) is 0 Å². The number of allylic oxidation sites excluding steroid dienone is 1. The molecular formula is C15H20O3. The van der Waals surface area contributed by atoms with Gasteiger partial charge in [0.2, 0.25) is 0 Å². The third-order valence-corrected chi connectivity index (χ3v) is 6.04. The highest BCUT2D eigenvalue weighted by Crippen LogP contribution is 2.66. The van der Waals surface area contributed by atoms with Crippen LogP contribution in [-0.2, 0) is 14.3 Å². The molecule has 0 aromatic carbocycles. The highest BCUT2D eigenvalue weighted by atomic mass is 16.6. The minimum absolute atomic E-state index is 0.155. The molecule has 0 radical (unpaired) electrons. The molecule has 0 amide bonds. The first-order valence-electron chi connectivity index (χ1n) is 7.08. The number of hydrogen-bond acceptors (Lipinski definition) is 3. The minimum Gasteiger partial charge on any atom is -0.371 e. The van der Waals surface area contributed by atoms with E-state index in [4.69, 9.17) is 9.47 Å². The summed E-state index contributed by atoms with van der Waals surface area (Å²) in [7, 11) is 1.69. The van der Waals surface area contributed by atoms with Gasteiger partial charge in [-0.3, -0.25) is 4.79 Å². The topological polar surface area (TPSA) is 35.5 Å². The first kappa shape index (κ1) is 11.2. The number of carbonyl (C=O) groups excluding carboxylic acids is 1. The van der Waals surface area contributed by atoms with Crippen LogP contribution in [0.2, 0.25) is 0 Å². The zero-order valence-electron chi connectivity index (χ0n) is 11.0. The average Bonchev–Trinajstić information content (AvgIpc) is 2.80. The Labute approximate surface area is 108 Å². The molecule has 3 nitrogen and oxygen atoms in total. The smallest absolute Gasteiger partial charge is 0.178 e. The van der Waals surface area contributed by atoms with Gasteiger partial charge in [-0.1, -0.05) is 19.1 Å². The van der Waals surface area contributed by atoms with E-state index in [2.05, 4.69) is 19.1 Å². The number of ether oxygens (including phenoxy) is 2. The molecule has 2 bridgehead atoms. The molecule has 3 fully saturated rings. The van der Waals surface area contributed by atoms with E-state index in [-0.39, 0.29) is 11.5 Å². The third kappa shape index (κ3) is 0.925. The van der Waals surface area contributed by atoms with Crippen LogP contribution >= 0.6 is 0 Å². The maximum Gasteiger partial charge on any atom is 0.178 e. The summed E-state index contributed by atoms with van der Waals surface area (Å²) in [6.45, 7) is 3.06. The Kier molecular flexibility index (Phi) is 2.02. The van der Waals surface area contributed by atoms with Crippen LogP contribution in [0.3, 0.4) is 0 Å². The van der Waals surface area contributed by atoms with E-state index in [1.165, 1.54) is 6.42 Å². The SMILES string of the molecule is CO[C@@]12C(=O)[C@@]34C=C[C@@H]1OCC[C@@H]2[C@H]3[C@H](C)CC4. The maximum absolute atomic E-state index is 13.0. The van der Waals surface area contributed by atoms with Crippen LogP contribution in [-0.4, -0.2) is 31.2 Å². The molecule has 3 heteroatoms. The van der Waals surface area contributed by atoms with Crippen molar-refractivity contribution >= 4 is 5.78 Å². The van der Waals surface area contributed by atoms with Gasteiger partial charge in [-0.15, -0.1) is 0 Å². The summed E-state index contributed by atoms with van der Waals surface area (Å²) in [6, 6.07) is 0. The Balaban J connectivity index is 1.95. The fourth-order valence-electron chi connectivity index (χ4n) is 5.41. The molecule has 6 atom stereocenters. The number of ketones is 1. The van der Waals surface area contributed by atoms with Gasteiger partial charge in [0, 0.05) is 19.6 Å². The molecule has 2 saturated carbocycles. The van der Waals surface area contributed by atoms with Gasteiger partial charge in [0.05, 0.1) is 5.41 Å². The van der Waals surface area contributed by atoms with Crippen LogP contribution in [0.15, 0.2) is 12.2 Å². The van der Waals surface area contributed by atoms with Crippen molar-refractivity contribution in [1.82, 2.24) is 0 Å². The molecule has 0 N–H and O–H groups in total. The van der Waals surface area contributed by atoms with E-state index < -0.39 is 5.60 Å². The molecule has 0 aromatic heterocycles. The van der Waals surface area contributed by atoms with E-state index in [0.717, 1.165) is 19.4 Å². The second-order valence-corrected chi connectivity index (χ2v) is 6.45. The van der Waals surface area contributed by atoms with Gasteiger partial charge in [-0.25, -0.2) is 0 Å². The van der Waals surface area contributed by atoms with Gasteiger partial charge in [-0.05, 0) is 31.1 Å². The normalized spacial score (nSPS) is 56.9. The van der Waals surface area contributed by atoms with Crippen LogP contribution in [0.1, 0.15) is 26.2 Å². The van der Waals surface area contributed by atoms with Crippen molar-refractivity contribution < 1.29 is 14.3 Å². The van der Waals surface area contributed by atoms with Gasteiger partial charge in [0.25, 0.3) is 0 Å². The zero-order chi connectivity index (χ0) is 12.5. The summed E-state index contributed by atoms with van der Waals surface area (Å²) in [5, 5.41) is 0. The van der Waals surface area contributed by atoms with E-state index in [1.54, 1.807) is 7.11 Å². The lowest BCUT2D eigenvalue weighted by molar-refractivity contribution is -0.183. The quantitative estimate of drug-likeness (QED) is 0.665. The van der Waals surface area contributed by atoms with Crippen molar-refractivity contribution in [2.24, 2.45) is 23.2 Å². The summed E-state index contributed by atoms with van der Waals surface area (Å²) in [5.74, 6) is 1.75. The summed E-state index contributed by atoms with van der Waals surface area (Å²) in [5.41, 5.74) is -0.906. The monoisotopic (exact) mass is 248 g/mol. The number of rotatable bonds is 1. The molecular weight excluding hydrogens is 228 g/mol. The Morgan fingerprint density at radius 2 is 2.28 bits per heavy atom. The number of Topliss-reactive ketones (excluding diaryl/α,β-unsaturated/α-hetero) is 1. The summed E-state index contributed by atoms with van der Waals surface area (Å²) in [4.78, 5) is 13.0. The van der Waals surface area contributed by atoms with E-state index in [1.807, 2.05) is 0 Å². The minimum atomic E-state index is -0.674. The van der Waals surface area contributed by atoms with Gasteiger partial charge in [-0.2, -0.15) is 0 Å². The molecule has 1 heterocycles.